The molecule has 3 fully saturated rings. The predicted molar refractivity (Wildman–Crippen MR) is 152 cm³/mol. The van der Waals surface area contributed by atoms with Crippen LogP contribution in [0.3, 0.4) is 0 Å². The van der Waals surface area contributed by atoms with Gasteiger partial charge >= 0.3 is 13.5 Å². The van der Waals surface area contributed by atoms with E-state index >= 15 is 8.78 Å². The summed E-state index contributed by atoms with van der Waals surface area (Å²) in [4.78, 5) is 35.2. The lowest BCUT2D eigenvalue weighted by atomic mass is 10.1. The number of anilines is 2. The first-order chi connectivity index (χ1) is 20.9. The molecule has 7 heterocycles. The normalized spacial score (nSPS) is 38.3. The molecule has 236 valence electrons. The number of nitrogens with two attached hydrogens (primary N) is 2. The highest BCUT2D eigenvalue weighted by Crippen LogP contribution is 2.58. The minimum absolute atomic E-state index is 0.0503. The van der Waals surface area contributed by atoms with Crippen molar-refractivity contribution in [2.75, 3.05) is 24.7 Å². The van der Waals surface area contributed by atoms with Gasteiger partial charge in [-0.25, -0.2) is 43.2 Å². The summed E-state index contributed by atoms with van der Waals surface area (Å²) in [6.45, 7) is -10.1. The standard InChI is InChI=1S/C20H22F2N10O8P2S2/c21-9-7-1-35-41(33,43)39-14-10(22)8(38-20(14)32-6-30-12-16(24)26-4-28-18(12)32)2-36-42(34,44)40-13(9)19(37-7)31-5-29-11-15(23)25-3-27-17(11)31/h3-10,13-14,19-20H,1-2H2,(H,33,43)(H,34,44)(H2,23,25,27)(H2,24,26,28)/t7-,8-,9-,10-,13-,14-,19-,20+,41?,42?/m1/s1. The fourth-order valence-electron chi connectivity index (χ4n) is 5.15. The van der Waals surface area contributed by atoms with Gasteiger partial charge in [-0.3, -0.25) is 22.7 Å². The summed E-state index contributed by atoms with van der Waals surface area (Å²) in [5, 5.41) is 0. The maximum Gasteiger partial charge on any atom is 0.386 e. The lowest BCUT2D eigenvalue weighted by molar-refractivity contribution is -0.0592. The van der Waals surface area contributed by atoms with Crippen molar-refractivity contribution in [2.24, 2.45) is 0 Å². The Balaban J connectivity index is 1.22. The van der Waals surface area contributed by atoms with Gasteiger partial charge in [-0.05, 0) is 11.8 Å². The number of fused-ring (bicyclic) bond motifs is 6. The number of imidazole rings is 2. The molecule has 44 heavy (non-hydrogen) atoms. The highest BCUT2D eigenvalue weighted by Gasteiger charge is 2.54. The average Bonchev–Trinajstić information content (AvgIpc) is 3.73. The molecule has 7 rings (SSSR count). The van der Waals surface area contributed by atoms with Crippen molar-refractivity contribution in [3.8, 4) is 0 Å². The van der Waals surface area contributed by atoms with Gasteiger partial charge in [0, 0.05) is 0 Å². The first kappa shape index (κ1) is 30.2. The van der Waals surface area contributed by atoms with Crippen LogP contribution >= 0.6 is 25.8 Å². The molecule has 0 aromatic carbocycles. The number of halogens is 2. The van der Waals surface area contributed by atoms with Crippen molar-refractivity contribution in [1.82, 2.24) is 39.0 Å². The third kappa shape index (κ3) is 5.26. The van der Waals surface area contributed by atoms with Crippen LogP contribution < -0.4 is 11.5 Å². The van der Waals surface area contributed by atoms with Crippen molar-refractivity contribution in [1.29, 1.82) is 0 Å². The van der Waals surface area contributed by atoms with Crippen LogP contribution in [0.15, 0.2) is 25.3 Å². The van der Waals surface area contributed by atoms with E-state index in [0.717, 1.165) is 0 Å². The van der Waals surface area contributed by atoms with Gasteiger partial charge in [0.25, 0.3) is 0 Å². The largest absolute Gasteiger partial charge is 0.386 e. The van der Waals surface area contributed by atoms with Crippen molar-refractivity contribution < 1.29 is 45.8 Å². The van der Waals surface area contributed by atoms with Crippen molar-refractivity contribution in [3.63, 3.8) is 0 Å². The lowest BCUT2D eigenvalue weighted by Crippen LogP contribution is -2.34. The summed E-state index contributed by atoms with van der Waals surface area (Å²) in [6, 6.07) is 0. The first-order valence-corrected chi connectivity index (χ1v) is 18.0. The molecule has 5 N–H and O–H groups in total. The van der Waals surface area contributed by atoms with Gasteiger partial charge in [0.1, 0.15) is 48.1 Å². The molecule has 0 spiro atoms. The zero-order chi connectivity index (χ0) is 31.0. The summed E-state index contributed by atoms with van der Waals surface area (Å²) >= 11 is 9.16. The molecule has 0 amide bonds. The minimum Gasteiger partial charge on any atom is -0.382 e. The van der Waals surface area contributed by atoms with Crippen LogP contribution in [0, 0.1) is 0 Å². The fourth-order valence-corrected chi connectivity index (χ4v) is 8.00. The van der Waals surface area contributed by atoms with E-state index in [1.165, 1.54) is 34.4 Å². The van der Waals surface area contributed by atoms with Crippen molar-refractivity contribution >= 4 is 71.5 Å². The van der Waals surface area contributed by atoms with Gasteiger partial charge in [-0.15, -0.1) is 0 Å². The highest BCUT2D eigenvalue weighted by molar-refractivity contribution is 8.44. The number of nitrogens with zero attached hydrogens (tertiary/aromatic N) is 8. The molecule has 4 bridgehead atoms. The second-order valence-corrected chi connectivity index (χ2v) is 15.5. The first-order valence-electron chi connectivity index (χ1n) is 12.7. The highest BCUT2D eigenvalue weighted by atomic mass is 32.7. The van der Waals surface area contributed by atoms with E-state index in [0.29, 0.717) is 0 Å². The lowest BCUT2D eigenvalue weighted by Gasteiger charge is -2.26. The number of aromatic nitrogens is 8. The van der Waals surface area contributed by atoms with Crippen LogP contribution in [0.5, 0.6) is 0 Å². The number of nitrogen functional groups attached to an aromatic ring is 2. The molecule has 3 aliphatic heterocycles. The van der Waals surface area contributed by atoms with Crippen LogP contribution in [0.4, 0.5) is 20.4 Å². The fraction of sp³-hybridized carbons (Fsp3) is 0.500. The molecule has 0 saturated carbocycles. The second kappa shape index (κ2) is 11.1. The molecule has 0 aliphatic carbocycles. The SMILES string of the molecule is Nc1ncnc2c1ncn2[C@@H]1O[C@@H]2COP(O)(=S)O[C@@H]3[C@H](F)[C@@H](COP(=O)(S)O[C@@H]1[C@@H]2F)O[C@@H]3n1cnc2c(N)ncnc21. The van der Waals surface area contributed by atoms with Crippen molar-refractivity contribution in [3.05, 3.63) is 25.3 Å². The minimum atomic E-state index is -4.43. The monoisotopic (exact) mass is 694 g/mol. The zero-order valence-electron chi connectivity index (χ0n) is 21.9. The van der Waals surface area contributed by atoms with Crippen LogP contribution in [0.2, 0.25) is 0 Å². The number of alkyl halides is 2. The molecule has 24 heteroatoms. The quantitative estimate of drug-likeness (QED) is 0.171. The Hall–Kier alpha value is -2.49. The van der Waals surface area contributed by atoms with Crippen LogP contribution in [-0.4, -0.2) is 93.9 Å². The molecular formula is C20H22F2N10O8P2S2. The topological polar surface area (TPSA) is 232 Å². The zero-order valence-corrected chi connectivity index (χ0v) is 25.4. The Morgan fingerprint density at radius 1 is 0.841 bits per heavy atom. The van der Waals surface area contributed by atoms with Gasteiger partial charge in [0.15, 0.2) is 47.7 Å². The van der Waals surface area contributed by atoms with E-state index in [4.69, 9.17) is 50.8 Å². The number of thiol groups is 1. The Bertz CT molecular complexity index is 1710. The summed E-state index contributed by atoms with van der Waals surface area (Å²) in [5.41, 5.74) is 12.4. The van der Waals surface area contributed by atoms with Crippen LogP contribution in [0.25, 0.3) is 22.3 Å². The van der Waals surface area contributed by atoms with E-state index in [2.05, 4.69) is 42.2 Å². The van der Waals surface area contributed by atoms with E-state index in [9.17, 15) is 9.46 Å². The number of hydrogen-bond donors (Lipinski definition) is 4. The molecule has 4 aromatic heterocycles. The molecule has 10 atom stereocenters. The Morgan fingerprint density at radius 2 is 1.32 bits per heavy atom. The Labute approximate surface area is 255 Å². The van der Waals surface area contributed by atoms with Crippen LogP contribution in [-0.2, 0) is 43.9 Å². The summed E-state index contributed by atoms with van der Waals surface area (Å²) in [5.74, 6) is 0.103. The second-order valence-electron chi connectivity index (χ2n) is 9.85. The van der Waals surface area contributed by atoms with Gasteiger partial charge in [-0.2, -0.15) is 0 Å². The van der Waals surface area contributed by atoms with Gasteiger partial charge in [0.2, 0.25) is 0 Å². The molecule has 3 saturated heterocycles. The summed E-state index contributed by atoms with van der Waals surface area (Å²) in [6.07, 6.45) is -8.09. The molecule has 3 aliphatic rings. The number of hydrogen-bond acceptors (Lipinski definition) is 16. The molecule has 18 nitrogen and oxygen atoms in total. The maximum atomic E-state index is 15.9. The van der Waals surface area contributed by atoms with Gasteiger partial charge in [-0.1, -0.05) is 12.2 Å². The van der Waals surface area contributed by atoms with E-state index in [-0.39, 0.29) is 34.0 Å². The third-order valence-electron chi connectivity index (χ3n) is 7.16. The Morgan fingerprint density at radius 3 is 1.84 bits per heavy atom. The van der Waals surface area contributed by atoms with Crippen LogP contribution in [0.1, 0.15) is 12.5 Å². The Kier molecular flexibility index (Phi) is 7.61. The molecule has 2 unspecified atom stereocenters. The molecule has 4 aromatic rings. The summed E-state index contributed by atoms with van der Waals surface area (Å²) in [7, 11) is 0. The third-order valence-corrected chi connectivity index (χ3v) is 10.3. The van der Waals surface area contributed by atoms with Gasteiger partial charge in [0.05, 0.1) is 25.9 Å². The van der Waals surface area contributed by atoms with E-state index < -0.39 is 75.9 Å². The smallest absolute Gasteiger partial charge is 0.382 e. The maximum absolute atomic E-state index is 15.9. The van der Waals surface area contributed by atoms with E-state index in [1.807, 2.05) is 0 Å². The molecule has 0 radical (unpaired) electrons. The summed E-state index contributed by atoms with van der Waals surface area (Å²) < 4.78 is 81.4. The van der Waals surface area contributed by atoms with Crippen molar-refractivity contribution in [2.45, 2.75) is 49.2 Å². The number of rotatable bonds is 2. The predicted octanol–water partition coefficient (Wildman–Crippen LogP) is 1.37. The van der Waals surface area contributed by atoms with E-state index in [1.54, 1.807) is 0 Å². The average molecular weight is 695 g/mol. The number of ether oxygens (including phenoxy) is 2. The molecular weight excluding hydrogens is 672 g/mol. The van der Waals surface area contributed by atoms with Gasteiger partial charge < -0.3 is 30.4 Å².